The van der Waals surface area contributed by atoms with Crippen LogP contribution in [-0.4, -0.2) is 48.5 Å². The number of halogens is 2. The maximum Gasteiger partial charge on any atom is 0.226 e. The normalized spacial score (nSPS) is 44.9. The van der Waals surface area contributed by atoms with E-state index in [0.717, 1.165) is 128 Å². The summed E-state index contributed by atoms with van der Waals surface area (Å²) >= 11 is 6.61. The van der Waals surface area contributed by atoms with Gasteiger partial charge in [-0.3, -0.25) is 14.0 Å². The van der Waals surface area contributed by atoms with Gasteiger partial charge in [-0.05, 0) is 191 Å². The Hall–Kier alpha value is -2.48. The summed E-state index contributed by atoms with van der Waals surface area (Å²) in [4.78, 5) is 29.6. The van der Waals surface area contributed by atoms with Crippen LogP contribution in [0.15, 0.2) is 54.6 Å². The van der Waals surface area contributed by atoms with Crippen molar-refractivity contribution in [3.8, 4) is 0 Å². The SMILES string of the molecule is NC1CCC(NC(=O)C23CC4C[C@@](CCCl)(C2)C[C@](c2ccc(C56CC7(C(=O)NC8CCC(N)CC8)C[C@](CCF)(C5)C[C@@](c5ccccc5)(C7)C6)cc2)(C4)C3)CC1. The highest BCUT2D eigenvalue weighted by Gasteiger charge is 2.71. The average molecular weight is 812 g/mol. The second-order valence-electron chi connectivity index (χ2n) is 22.5. The first kappa shape index (κ1) is 39.6. The van der Waals surface area contributed by atoms with E-state index >= 15 is 0 Å². The van der Waals surface area contributed by atoms with E-state index in [1.54, 1.807) is 0 Å². The Bertz CT molecular complexity index is 1880. The highest BCUT2D eigenvalue weighted by molar-refractivity contribution is 6.17. The average Bonchev–Trinajstić information content (AvgIpc) is 3.19. The van der Waals surface area contributed by atoms with Gasteiger partial charge in [0, 0.05) is 30.0 Å². The maximum atomic E-state index is 15.0. The number of hydrogen-bond donors (Lipinski definition) is 4. The van der Waals surface area contributed by atoms with Gasteiger partial charge in [-0.2, -0.15) is 0 Å². The molecule has 4 unspecified atom stereocenters. The molecule has 0 aliphatic heterocycles. The fraction of sp³-hybridized carbons (Fsp3) is 0.720. The molecular weight excluding hydrogens is 743 g/mol. The molecule has 8 bridgehead atoms. The van der Waals surface area contributed by atoms with Gasteiger partial charge in [0.2, 0.25) is 11.8 Å². The molecule has 6 nitrogen and oxygen atoms in total. The molecule has 58 heavy (non-hydrogen) atoms. The highest BCUT2D eigenvalue weighted by atomic mass is 35.5. The summed E-state index contributed by atoms with van der Waals surface area (Å²) in [6.45, 7) is -0.352. The van der Waals surface area contributed by atoms with E-state index in [-0.39, 0.29) is 75.1 Å². The number of carbonyl (C=O) groups is 2. The number of benzene rings is 2. The molecule has 0 heterocycles. The number of amides is 2. The smallest absolute Gasteiger partial charge is 0.226 e. The van der Waals surface area contributed by atoms with Crippen molar-refractivity contribution in [1.82, 2.24) is 10.6 Å². The van der Waals surface area contributed by atoms with E-state index in [1.165, 1.54) is 23.1 Å². The van der Waals surface area contributed by atoms with Crippen LogP contribution >= 0.6 is 11.6 Å². The first-order chi connectivity index (χ1) is 27.9. The van der Waals surface area contributed by atoms with E-state index in [4.69, 9.17) is 23.1 Å². The lowest BCUT2D eigenvalue weighted by atomic mass is 9.33. The molecule has 314 valence electrons. The molecule has 0 spiro atoms. The van der Waals surface area contributed by atoms with Crippen LogP contribution in [0.4, 0.5) is 4.39 Å². The molecule has 2 amide bonds. The Morgan fingerprint density at radius 1 is 0.569 bits per heavy atom. The minimum Gasteiger partial charge on any atom is -0.353 e. The zero-order chi connectivity index (χ0) is 40.0. The molecule has 6 N–H and O–H groups in total. The summed E-state index contributed by atoms with van der Waals surface area (Å²) in [5.74, 6) is 1.65. The zero-order valence-corrected chi connectivity index (χ0v) is 35.5. The molecule has 10 saturated carbocycles. The van der Waals surface area contributed by atoms with Gasteiger partial charge in [0.1, 0.15) is 0 Å². The van der Waals surface area contributed by atoms with Crippen LogP contribution in [0.1, 0.15) is 158 Å². The van der Waals surface area contributed by atoms with Gasteiger partial charge in [0.15, 0.2) is 0 Å². The van der Waals surface area contributed by atoms with E-state index in [9.17, 15) is 14.0 Å². The van der Waals surface area contributed by atoms with Gasteiger partial charge < -0.3 is 22.1 Å². The molecule has 2 aromatic carbocycles. The molecule has 10 aliphatic rings. The Kier molecular flexibility index (Phi) is 9.77. The van der Waals surface area contributed by atoms with Crippen molar-refractivity contribution in [2.24, 2.45) is 39.0 Å². The van der Waals surface area contributed by atoms with E-state index in [0.29, 0.717) is 18.2 Å². The van der Waals surface area contributed by atoms with Crippen molar-refractivity contribution < 1.29 is 14.0 Å². The summed E-state index contributed by atoms with van der Waals surface area (Å²) < 4.78 is 14.9. The van der Waals surface area contributed by atoms with Gasteiger partial charge in [0.25, 0.3) is 0 Å². The molecule has 10 fully saturated rings. The number of nitrogens with two attached hydrogens (primary N) is 2. The Morgan fingerprint density at radius 3 is 1.64 bits per heavy atom. The van der Waals surface area contributed by atoms with E-state index < -0.39 is 5.41 Å². The summed E-state index contributed by atoms with van der Waals surface area (Å²) in [6, 6.07) is 21.5. The van der Waals surface area contributed by atoms with Gasteiger partial charge in [-0.25, -0.2) is 0 Å². The Balaban J connectivity index is 1.00. The molecule has 0 saturated heterocycles. The third kappa shape index (κ3) is 6.52. The second-order valence-corrected chi connectivity index (χ2v) is 22.8. The lowest BCUT2D eigenvalue weighted by Crippen LogP contribution is -2.68. The van der Waals surface area contributed by atoms with Crippen molar-refractivity contribution in [3.63, 3.8) is 0 Å². The first-order valence-electron chi connectivity index (χ1n) is 23.3. The topological polar surface area (TPSA) is 110 Å². The number of rotatable bonds is 11. The van der Waals surface area contributed by atoms with Crippen LogP contribution in [-0.2, 0) is 25.8 Å². The van der Waals surface area contributed by atoms with Crippen molar-refractivity contribution in [2.45, 2.75) is 182 Å². The summed E-state index contributed by atoms with van der Waals surface area (Å²) in [6.07, 6.45) is 20.8. The Labute approximate surface area is 351 Å². The van der Waals surface area contributed by atoms with Crippen molar-refractivity contribution in [2.75, 3.05) is 12.6 Å². The number of hydrogen-bond acceptors (Lipinski definition) is 4. The van der Waals surface area contributed by atoms with Gasteiger partial charge >= 0.3 is 0 Å². The molecule has 12 rings (SSSR count). The third-order valence-corrected chi connectivity index (χ3v) is 18.5. The first-order valence-corrected chi connectivity index (χ1v) is 23.8. The van der Waals surface area contributed by atoms with Crippen LogP contribution in [0, 0.1) is 27.6 Å². The van der Waals surface area contributed by atoms with Crippen molar-refractivity contribution in [3.05, 3.63) is 71.3 Å². The largest absolute Gasteiger partial charge is 0.353 e. The van der Waals surface area contributed by atoms with Crippen molar-refractivity contribution >= 4 is 23.4 Å². The van der Waals surface area contributed by atoms with Crippen molar-refractivity contribution in [1.29, 1.82) is 0 Å². The predicted molar refractivity (Wildman–Crippen MR) is 229 cm³/mol. The number of alkyl halides is 2. The predicted octanol–water partition coefficient (Wildman–Crippen LogP) is 9.19. The van der Waals surface area contributed by atoms with Gasteiger partial charge in [0.05, 0.1) is 17.5 Å². The quantitative estimate of drug-likeness (QED) is 0.170. The third-order valence-electron chi connectivity index (χ3n) is 18.3. The fourth-order valence-corrected chi connectivity index (χ4v) is 17.4. The molecule has 2 aromatic rings. The van der Waals surface area contributed by atoms with Crippen LogP contribution < -0.4 is 22.1 Å². The zero-order valence-electron chi connectivity index (χ0n) is 34.8. The molecular formula is C50H68ClFN4O2. The minimum atomic E-state index is -0.547. The van der Waals surface area contributed by atoms with E-state index in [1.807, 2.05) is 0 Å². The lowest BCUT2D eigenvalue weighted by Gasteiger charge is -2.70. The minimum absolute atomic E-state index is 0.0535. The molecule has 8 heteroatoms. The number of carbonyl (C=O) groups excluding carboxylic acids is 2. The van der Waals surface area contributed by atoms with Crippen LogP contribution in [0.2, 0.25) is 0 Å². The van der Waals surface area contributed by atoms with Crippen LogP contribution in [0.25, 0.3) is 0 Å². The van der Waals surface area contributed by atoms with Crippen LogP contribution in [0.3, 0.4) is 0 Å². The Morgan fingerprint density at radius 2 is 1.07 bits per heavy atom. The summed E-state index contributed by atoms with van der Waals surface area (Å²) in [5.41, 5.74) is 15.0. The highest BCUT2D eigenvalue weighted by Crippen LogP contribution is 2.76. The molecule has 0 radical (unpaired) electrons. The number of nitrogens with one attached hydrogen (secondary N) is 2. The van der Waals surface area contributed by atoms with E-state index in [2.05, 4.69) is 65.2 Å². The molecule has 0 aromatic heterocycles. The maximum absolute atomic E-state index is 15.0. The molecule has 10 aliphatic carbocycles. The van der Waals surface area contributed by atoms with Crippen LogP contribution in [0.5, 0.6) is 0 Å². The second kappa shape index (κ2) is 14.3. The van der Waals surface area contributed by atoms with Gasteiger partial charge in [-0.15, -0.1) is 11.6 Å². The van der Waals surface area contributed by atoms with Gasteiger partial charge in [-0.1, -0.05) is 54.6 Å². The summed E-state index contributed by atoms with van der Waals surface area (Å²) in [5, 5.41) is 7.18. The lowest BCUT2D eigenvalue weighted by molar-refractivity contribution is -0.171. The molecule has 8 atom stereocenters. The monoisotopic (exact) mass is 811 g/mol. The fourth-order valence-electron chi connectivity index (χ4n) is 17.0. The standard InChI is InChI=1S/C50H68ClFN4O2/c51-20-18-44-22-34-23-46(25-44,30-47(24-34,26-44)42(57)55-40-14-10-38(53)11-15-40)36-6-8-37(9-7-36)49-28-45(19-21-52)27-48(31-49,35-4-2-1-3-5-35)32-50(29-45,33-49)43(58)56-41-16-12-39(54)13-17-41/h1-9,34,38-41H,10-33,53-54H2,(H,55,57)(H,56,58)/t34?,38?,39?,40?,41?,44-,45+,46-,47?,48+,49?,50?/m1/s1. The summed E-state index contributed by atoms with van der Waals surface area (Å²) in [7, 11) is 0.